The normalized spacial score (nSPS) is 10.8. The molecule has 0 bridgehead atoms. The number of hydrogen-bond acceptors (Lipinski definition) is 3. The van der Waals surface area contributed by atoms with E-state index >= 15 is 0 Å². The highest BCUT2D eigenvalue weighted by Gasteiger charge is 2.32. The number of hydrogen-bond donors (Lipinski definition) is 0. The highest BCUT2D eigenvalue weighted by atomic mass is 19.1. The maximum atomic E-state index is 13.4. The number of nitriles is 1. The number of benzene rings is 1. The van der Waals surface area contributed by atoms with Gasteiger partial charge in [-0.15, -0.1) is 0 Å². The van der Waals surface area contributed by atoms with Gasteiger partial charge in [0.25, 0.3) is 5.69 Å². The van der Waals surface area contributed by atoms with Crippen molar-refractivity contribution in [3.63, 3.8) is 0 Å². The zero-order valence-corrected chi connectivity index (χ0v) is 8.32. The van der Waals surface area contributed by atoms with Gasteiger partial charge in [-0.25, -0.2) is 4.39 Å². The molecule has 5 heteroatoms. The number of nitro benzene ring substituents is 1. The summed E-state index contributed by atoms with van der Waals surface area (Å²) in [5, 5.41) is 19.5. The quantitative estimate of drug-likeness (QED) is 0.554. The van der Waals surface area contributed by atoms with Crippen LogP contribution in [0.15, 0.2) is 18.2 Å². The maximum Gasteiger partial charge on any atom is 0.277 e. The molecular weight excluding hydrogens is 199 g/mol. The van der Waals surface area contributed by atoms with Gasteiger partial charge in [-0.2, -0.15) is 5.26 Å². The van der Waals surface area contributed by atoms with Crippen molar-refractivity contribution in [1.29, 1.82) is 5.26 Å². The minimum absolute atomic E-state index is 0.169. The summed E-state index contributed by atoms with van der Waals surface area (Å²) in [6, 6.07) is 5.41. The average molecular weight is 208 g/mol. The van der Waals surface area contributed by atoms with Gasteiger partial charge in [0, 0.05) is 6.07 Å². The molecule has 0 unspecified atom stereocenters. The molecule has 1 aromatic carbocycles. The SMILES string of the molecule is CC(C)(C#N)c1c(F)cccc1[N+](=O)[O-]. The van der Waals surface area contributed by atoms with Crippen molar-refractivity contribution in [2.24, 2.45) is 0 Å². The molecule has 78 valence electrons. The summed E-state index contributed by atoms with van der Waals surface area (Å²) in [5.41, 5.74) is -1.74. The molecule has 1 aromatic rings. The molecule has 0 aliphatic rings. The molecule has 0 spiro atoms. The Morgan fingerprint density at radius 1 is 1.53 bits per heavy atom. The van der Waals surface area contributed by atoms with Crippen LogP contribution in [0.5, 0.6) is 0 Å². The van der Waals surface area contributed by atoms with Crippen molar-refractivity contribution in [3.8, 4) is 6.07 Å². The van der Waals surface area contributed by atoms with Crippen LogP contribution in [-0.2, 0) is 5.41 Å². The first-order valence-electron chi connectivity index (χ1n) is 4.25. The summed E-state index contributed by atoms with van der Waals surface area (Å²) < 4.78 is 13.4. The Kier molecular flexibility index (Phi) is 2.71. The van der Waals surface area contributed by atoms with Gasteiger partial charge in [-0.1, -0.05) is 6.07 Å². The van der Waals surface area contributed by atoms with Gasteiger partial charge in [-0.05, 0) is 19.9 Å². The Bertz CT molecular complexity index is 449. The Morgan fingerprint density at radius 3 is 2.60 bits per heavy atom. The van der Waals surface area contributed by atoms with Crippen molar-refractivity contribution in [2.45, 2.75) is 19.3 Å². The summed E-state index contributed by atoms with van der Waals surface area (Å²) in [7, 11) is 0. The Labute approximate surface area is 86.1 Å². The van der Waals surface area contributed by atoms with Crippen LogP contribution >= 0.6 is 0 Å². The molecule has 4 nitrogen and oxygen atoms in total. The van der Waals surface area contributed by atoms with E-state index in [4.69, 9.17) is 5.26 Å². The highest BCUT2D eigenvalue weighted by Crippen LogP contribution is 2.32. The molecule has 0 fully saturated rings. The lowest BCUT2D eigenvalue weighted by molar-refractivity contribution is -0.386. The third-order valence-corrected chi connectivity index (χ3v) is 2.09. The van der Waals surface area contributed by atoms with Gasteiger partial charge in [0.2, 0.25) is 0 Å². The topological polar surface area (TPSA) is 66.9 Å². The maximum absolute atomic E-state index is 13.4. The summed E-state index contributed by atoms with van der Waals surface area (Å²) in [5.74, 6) is -0.726. The summed E-state index contributed by atoms with van der Waals surface area (Å²) in [6.45, 7) is 2.89. The first kappa shape index (κ1) is 11.1. The average Bonchev–Trinajstić information content (AvgIpc) is 2.17. The number of rotatable bonds is 2. The fourth-order valence-electron chi connectivity index (χ4n) is 1.34. The fraction of sp³-hybridized carbons (Fsp3) is 0.300. The first-order chi connectivity index (χ1) is 6.90. The molecular formula is C10H9FN2O2. The molecule has 0 saturated carbocycles. The molecule has 0 aromatic heterocycles. The number of nitro groups is 1. The molecule has 0 atom stereocenters. The van der Waals surface area contributed by atoms with E-state index in [9.17, 15) is 14.5 Å². The Morgan fingerprint density at radius 2 is 2.13 bits per heavy atom. The van der Waals surface area contributed by atoms with Crippen molar-refractivity contribution < 1.29 is 9.31 Å². The van der Waals surface area contributed by atoms with E-state index in [-0.39, 0.29) is 11.3 Å². The molecule has 0 heterocycles. The zero-order chi connectivity index (χ0) is 11.6. The van der Waals surface area contributed by atoms with Gasteiger partial charge in [-0.3, -0.25) is 10.1 Å². The van der Waals surface area contributed by atoms with Crippen molar-refractivity contribution in [1.82, 2.24) is 0 Å². The van der Waals surface area contributed by atoms with E-state index in [1.807, 2.05) is 6.07 Å². The van der Waals surface area contributed by atoms with Crippen LogP contribution < -0.4 is 0 Å². The number of nitrogens with zero attached hydrogens (tertiary/aromatic N) is 2. The lowest BCUT2D eigenvalue weighted by Gasteiger charge is -2.16. The van der Waals surface area contributed by atoms with Gasteiger partial charge in [0.15, 0.2) is 0 Å². The minimum Gasteiger partial charge on any atom is -0.258 e. The first-order valence-corrected chi connectivity index (χ1v) is 4.25. The fourth-order valence-corrected chi connectivity index (χ4v) is 1.34. The lowest BCUT2D eigenvalue weighted by atomic mass is 9.85. The Hall–Kier alpha value is -1.96. The van der Waals surface area contributed by atoms with Gasteiger partial charge < -0.3 is 0 Å². The molecule has 0 aliphatic carbocycles. The monoisotopic (exact) mass is 208 g/mol. The van der Waals surface area contributed by atoms with Gasteiger partial charge in [0.1, 0.15) is 5.82 Å². The van der Waals surface area contributed by atoms with E-state index in [0.717, 1.165) is 6.07 Å². The molecule has 0 saturated heterocycles. The third kappa shape index (κ3) is 1.94. The molecule has 1 rings (SSSR count). The van der Waals surface area contributed by atoms with E-state index in [2.05, 4.69) is 0 Å². The summed E-state index contributed by atoms with van der Waals surface area (Å²) in [4.78, 5) is 9.98. The lowest BCUT2D eigenvalue weighted by Crippen LogP contribution is -2.18. The van der Waals surface area contributed by atoms with Gasteiger partial charge >= 0.3 is 0 Å². The van der Waals surface area contributed by atoms with E-state index in [1.165, 1.54) is 26.0 Å². The van der Waals surface area contributed by atoms with Crippen LogP contribution in [0.25, 0.3) is 0 Å². The second-order valence-electron chi connectivity index (χ2n) is 3.63. The molecule has 15 heavy (non-hydrogen) atoms. The van der Waals surface area contributed by atoms with E-state index < -0.39 is 16.2 Å². The van der Waals surface area contributed by atoms with Crippen LogP contribution in [0.2, 0.25) is 0 Å². The van der Waals surface area contributed by atoms with Crippen molar-refractivity contribution in [2.75, 3.05) is 0 Å². The largest absolute Gasteiger partial charge is 0.277 e. The van der Waals surface area contributed by atoms with Crippen LogP contribution in [0, 0.1) is 27.3 Å². The highest BCUT2D eigenvalue weighted by molar-refractivity contribution is 5.48. The third-order valence-electron chi connectivity index (χ3n) is 2.09. The second kappa shape index (κ2) is 3.65. The molecule has 0 radical (unpaired) electrons. The van der Waals surface area contributed by atoms with E-state index in [1.54, 1.807) is 0 Å². The standard InChI is InChI=1S/C10H9FN2O2/c1-10(2,6-12)9-7(11)4-3-5-8(9)13(14)15/h3-5H,1-2H3. The molecule has 0 amide bonds. The molecule has 0 N–H and O–H groups in total. The summed E-state index contributed by atoms with van der Waals surface area (Å²) >= 11 is 0. The van der Waals surface area contributed by atoms with Crippen LogP contribution in [0.1, 0.15) is 19.4 Å². The van der Waals surface area contributed by atoms with Crippen LogP contribution in [-0.4, -0.2) is 4.92 Å². The molecule has 0 aliphatic heterocycles. The van der Waals surface area contributed by atoms with Crippen LogP contribution in [0.4, 0.5) is 10.1 Å². The summed E-state index contributed by atoms with van der Waals surface area (Å²) in [6.07, 6.45) is 0. The number of halogens is 1. The second-order valence-corrected chi connectivity index (χ2v) is 3.63. The predicted molar refractivity (Wildman–Crippen MR) is 51.7 cm³/mol. The Balaban J connectivity index is 3.53. The minimum atomic E-state index is -1.21. The van der Waals surface area contributed by atoms with Crippen molar-refractivity contribution >= 4 is 5.69 Å². The smallest absolute Gasteiger partial charge is 0.258 e. The van der Waals surface area contributed by atoms with Gasteiger partial charge in [0.05, 0.1) is 22.0 Å². The van der Waals surface area contributed by atoms with Crippen molar-refractivity contribution in [3.05, 3.63) is 39.7 Å². The van der Waals surface area contributed by atoms with Crippen LogP contribution in [0.3, 0.4) is 0 Å². The van der Waals surface area contributed by atoms with E-state index in [0.29, 0.717) is 0 Å². The zero-order valence-electron chi connectivity index (χ0n) is 8.32. The predicted octanol–water partition coefficient (Wildman–Crippen LogP) is 2.54.